The summed E-state index contributed by atoms with van der Waals surface area (Å²) >= 11 is 0. The molecule has 0 rings (SSSR count). The summed E-state index contributed by atoms with van der Waals surface area (Å²) in [4.78, 5) is 4.75. The van der Waals surface area contributed by atoms with Crippen molar-refractivity contribution in [3.63, 3.8) is 0 Å². The van der Waals surface area contributed by atoms with Gasteiger partial charge in [0.25, 0.3) is 0 Å². The van der Waals surface area contributed by atoms with Gasteiger partial charge in [-0.15, -0.1) is 0 Å². The summed E-state index contributed by atoms with van der Waals surface area (Å²) < 4.78 is 0. The number of hydrogen-bond donors (Lipinski definition) is 1. The Balaban J connectivity index is 3.61. The van der Waals surface area contributed by atoms with Crippen molar-refractivity contribution in [2.24, 2.45) is 0 Å². The van der Waals surface area contributed by atoms with E-state index in [1.54, 1.807) is 0 Å². The number of nitrogens with zero attached hydrogens (tertiary/aromatic N) is 2. The van der Waals surface area contributed by atoms with E-state index >= 15 is 0 Å². The Morgan fingerprint density at radius 2 is 1.40 bits per heavy atom. The lowest BCUT2D eigenvalue weighted by Gasteiger charge is -2.24. The summed E-state index contributed by atoms with van der Waals surface area (Å²) in [6.07, 6.45) is 0.987. The van der Waals surface area contributed by atoms with Crippen molar-refractivity contribution in [2.45, 2.75) is 40.2 Å². The molecular formula is C12H28N2O. The van der Waals surface area contributed by atoms with Gasteiger partial charge in [-0.25, -0.2) is 0 Å². The molecule has 0 aliphatic heterocycles. The van der Waals surface area contributed by atoms with Crippen LogP contribution in [-0.2, 0) is 0 Å². The monoisotopic (exact) mass is 216 g/mol. The minimum atomic E-state index is -0.210. The molecule has 3 heteroatoms. The van der Waals surface area contributed by atoms with Crippen molar-refractivity contribution >= 4 is 0 Å². The molecule has 1 atom stereocenters. The normalized spacial score (nSPS) is 13.8. The van der Waals surface area contributed by atoms with Crippen LogP contribution in [0.2, 0.25) is 0 Å². The van der Waals surface area contributed by atoms with E-state index in [9.17, 15) is 5.11 Å². The van der Waals surface area contributed by atoms with Crippen LogP contribution in [0.15, 0.2) is 0 Å². The van der Waals surface area contributed by atoms with Crippen molar-refractivity contribution in [1.29, 1.82) is 0 Å². The summed E-state index contributed by atoms with van der Waals surface area (Å²) in [5.41, 5.74) is 0. The molecule has 0 fully saturated rings. The lowest BCUT2D eigenvalue weighted by atomic mass is 10.3. The second-order valence-corrected chi connectivity index (χ2v) is 4.12. The summed E-state index contributed by atoms with van der Waals surface area (Å²) in [5.74, 6) is 0. The number of aliphatic hydroxyl groups excluding tert-OH is 1. The number of rotatable bonds is 9. The highest BCUT2D eigenvalue weighted by molar-refractivity contribution is 4.61. The molecule has 0 aromatic carbocycles. The predicted octanol–water partition coefficient (Wildman–Crippen LogP) is 1.42. The van der Waals surface area contributed by atoms with E-state index < -0.39 is 0 Å². The Morgan fingerprint density at radius 1 is 0.933 bits per heavy atom. The first kappa shape index (κ1) is 14.9. The summed E-state index contributed by atoms with van der Waals surface area (Å²) in [7, 11) is 0. The third-order valence-corrected chi connectivity index (χ3v) is 2.81. The van der Waals surface area contributed by atoms with Crippen LogP contribution in [0, 0.1) is 0 Å². The molecule has 92 valence electrons. The van der Waals surface area contributed by atoms with Crippen LogP contribution in [0.25, 0.3) is 0 Å². The first-order valence-electron chi connectivity index (χ1n) is 6.26. The molecule has 0 heterocycles. The SMILES string of the molecule is CCN(CC)CCCN(CC)C[C@@H](C)O. The third-order valence-electron chi connectivity index (χ3n) is 2.81. The van der Waals surface area contributed by atoms with Gasteiger partial charge in [-0.05, 0) is 46.1 Å². The molecule has 0 aromatic rings. The van der Waals surface area contributed by atoms with Gasteiger partial charge in [0, 0.05) is 6.54 Å². The zero-order valence-electron chi connectivity index (χ0n) is 10.9. The lowest BCUT2D eigenvalue weighted by molar-refractivity contribution is 0.126. The third kappa shape index (κ3) is 7.77. The average molecular weight is 216 g/mol. The standard InChI is InChI=1S/C12H28N2O/c1-5-13(6-2)9-8-10-14(7-3)11-12(4)15/h12,15H,5-11H2,1-4H3/t12-/m1/s1. The van der Waals surface area contributed by atoms with Gasteiger partial charge in [-0.2, -0.15) is 0 Å². The molecule has 0 spiro atoms. The molecule has 0 aliphatic rings. The van der Waals surface area contributed by atoms with Crippen LogP contribution >= 0.6 is 0 Å². The fourth-order valence-electron chi connectivity index (χ4n) is 1.81. The molecule has 0 aliphatic carbocycles. The maximum atomic E-state index is 9.30. The second kappa shape index (κ2) is 9.13. The number of likely N-dealkylation sites (N-methyl/N-ethyl adjacent to an activating group) is 1. The van der Waals surface area contributed by atoms with Crippen molar-refractivity contribution in [3.05, 3.63) is 0 Å². The van der Waals surface area contributed by atoms with Gasteiger partial charge in [0.05, 0.1) is 6.10 Å². The van der Waals surface area contributed by atoms with Gasteiger partial charge in [0.15, 0.2) is 0 Å². The molecule has 0 radical (unpaired) electrons. The molecule has 0 aromatic heterocycles. The Bertz CT molecular complexity index is 136. The Hall–Kier alpha value is -0.120. The van der Waals surface area contributed by atoms with Gasteiger partial charge in [0.1, 0.15) is 0 Å². The van der Waals surface area contributed by atoms with Gasteiger partial charge < -0.3 is 14.9 Å². The Morgan fingerprint density at radius 3 is 1.80 bits per heavy atom. The first-order valence-corrected chi connectivity index (χ1v) is 6.26. The van der Waals surface area contributed by atoms with Crippen molar-refractivity contribution in [2.75, 3.05) is 39.3 Å². The highest BCUT2D eigenvalue weighted by Crippen LogP contribution is 1.97. The van der Waals surface area contributed by atoms with Crippen LogP contribution in [0.1, 0.15) is 34.1 Å². The van der Waals surface area contributed by atoms with E-state index in [0.717, 1.165) is 32.7 Å². The Labute approximate surface area is 95.1 Å². The highest BCUT2D eigenvalue weighted by Gasteiger charge is 2.06. The zero-order valence-corrected chi connectivity index (χ0v) is 10.9. The van der Waals surface area contributed by atoms with E-state index in [1.807, 2.05) is 6.92 Å². The smallest absolute Gasteiger partial charge is 0.0639 e. The highest BCUT2D eigenvalue weighted by atomic mass is 16.3. The summed E-state index contributed by atoms with van der Waals surface area (Å²) in [6.45, 7) is 14.8. The van der Waals surface area contributed by atoms with Crippen LogP contribution in [0.3, 0.4) is 0 Å². The minimum absolute atomic E-state index is 0.210. The van der Waals surface area contributed by atoms with E-state index in [2.05, 4.69) is 30.6 Å². The largest absolute Gasteiger partial charge is 0.392 e. The summed E-state index contributed by atoms with van der Waals surface area (Å²) in [6, 6.07) is 0. The van der Waals surface area contributed by atoms with Crippen LogP contribution in [0.5, 0.6) is 0 Å². The van der Waals surface area contributed by atoms with Crippen molar-refractivity contribution in [3.8, 4) is 0 Å². The summed E-state index contributed by atoms with van der Waals surface area (Å²) in [5, 5.41) is 9.30. The fraction of sp³-hybridized carbons (Fsp3) is 1.00. The molecular weight excluding hydrogens is 188 g/mol. The molecule has 0 unspecified atom stereocenters. The predicted molar refractivity (Wildman–Crippen MR) is 66.2 cm³/mol. The molecule has 1 N–H and O–H groups in total. The second-order valence-electron chi connectivity index (χ2n) is 4.12. The van der Waals surface area contributed by atoms with Crippen LogP contribution in [0.4, 0.5) is 0 Å². The maximum Gasteiger partial charge on any atom is 0.0639 e. The topological polar surface area (TPSA) is 26.7 Å². The first-order chi connectivity index (χ1) is 7.13. The molecule has 3 nitrogen and oxygen atoms in total. The van der Waals surface area contributed by atoms with E-state index in [0.29, 0.717) is 0 Å². The van der Waals surface area contributed by atoms with Gasteiger partial charge in [0.2, 0.25) is 0 Å². The van der Waals surface area contributed by atoms with Crippen LogP contribution in [-0.4, -0.2) is 60.3 Å². The number of hydrogen-bond acceptors (Lipinski definition) is 3. The van der Waals surface area contributed by atoms with Crippen molar-refractivity contribution in [1.82, 2.24) is 9.80 Å². The maximum absolute atomic E-state index is 9.30. The van der Waals surface area contributed by atoms with Gasteiger partial charge in [-0.3, -0.25) is 0 Å². The fourth-order valence-corrected chi connectivity index (χ4v) is 1.81. The molecule has 0 amide bonds. The van der Waals surface area contributed by atoms with Crippen LogP contribution < -0.4 is 0 Å². The average Bonchev–Trinajstić information content (AvgIpc) is 2.22. The van der Waals surface area contributed by atoms with Crippen molar-refractivity contribution < 1.29 is 5.11 Å². The molecule has 0 saturated heterocycles. The van der Waals surface area contributed by atoms with E-state index in [1.165, 1.54) is 13.0 Å². The molecule has 0 bridgehead atoms. The molecule has 0 saturated carbocycles. The number of aliphatic hydroxyl groups is 1. The van der Waals surface area contributed by atoms with E-state index in [-0.39, 0.29) is 6.10 Å². The lowest BCUT2D eigenvalue weighted by Crippen LogP contribution is -2.34. The zero-order chi connectivity index (χ0) is 11.7. The Kier molecular flexibility index (Phi) is 9.06. The van der Waals surface area contributed by atoms with Gasteiger partial charge >= 0.3 is 0 Å². The van der Waals surface area contributed by atoms with Gasteiger partial charge in [-0.1, -0.05) is 20.8 Å². The quantitative estimate of drug-likeness (QED) is 0.631. The molecule has 15 heavy (non-hydrogen) atoms. The van der Waals surface area contributed by atoms with E-state index in [4.69, 9.17) is 0 Å². The minimum Gasteiger partial charge on any atom is -0.392 e.